The molecule has 0 heterocycles. The van der Waals surface area contributed by atoms with Crippen LogP contribution in [0.15, 0.2) is 17.0 Å². The van der Waals surface area contributed by atoms with E-state index in [0.29, 0.717) is 18.4 Å². The normalized spacial score (nSPS) is 16.6. The highest BCUT2D eigenvalue weighted by molar-refractivity contribution is 7.89. The second-order valence-electron chi connectivity index (χ2n) is 5.34. The molecule has 0 aromatic heterocycles. The maximum absolute atomic E-state index is 12.2. The Morgan fingerprint density at radius 2 is 2.05 bits per heavy atom. The molecule has 1 unspecified atom stereocenters. The molecule has 1 fully saturated rings. The van der Waals surface area contributed by atoms with Crippen LogP contribution >= 0.6 is 23.2 Å². The summed E-state index contributed by atoms with van der Waals surface area (Å²) in [5.74, 6) is 0.574. The minimum atomic E-state index is -3.96. The molecule has 1 saturated carbocycles. The molecule has 0 saturated heterocycles. The van der Waals surface area contributed by atoms with Crippen molar-refractivity contribution < 1.29 is 13.2 Å². The molecule has 116 valence electrons. The number of amides is 1. The number of rotatable bonds is 5. The molecule has 1 aliphatic rings. The predicted octanol–water partition coefficient (Wildman–Crippen LogP) is 2.42. The number of hydrogen-bond acceptors (Lipinski definition) is 3. The number of primary sulfonamides is 1. The molecular formula is C13H16Cl2N2O3S. The molecule has 1 amide bonds. The molecule has 1 aromatic carbocycles. The molecule has 21 heavy (non-hydrogen) atoms. The fourth-order valence-electron chi connectivity index (χ4n) is 2.07. The summed E-state index contributed by atoms with van der Waals surface area (Å²) in [5.41, 5.74) is 0.0104. The average molecular weight is 351 g/mol. The van der Waals surface area contributed by atoms with E-state index in [-0.39, 0.29) is 20.5 Å². The van der Waals surface area contributed by atoms with Crippen LogP contribution in [0.1, 0.15) is 30.1 Å². The van der Waals surface area contributed by atoms with Gasteiger partial charge in [-0.15, -0.1) is 0 Å². The molecule has 0 aliphatic heterocycles. The van der Waals surface area contributed by atoms with Crippen molar-refractivity contribution in [3.8, 4) is 0 Å². The summed E-state index contributed by atoms with van der Waals surface area (Å²) in [4.78, 5) is 11.9. The van der Waals surface area contributed by atoms with Crippen LogP contribution in [0.2, 0.25) is 10.0 Å². The summed E-state index contributed by atoms with van der Waals surface area (Å²) >= 11 is 11.8. The van der Waals surface area contributed by atoms with E-state index in [4.69, 9.17) is 28.3 Å². The summed E-state index contributed by atoms with van der Waals surface area (Å²) in [7, 11) is -3.96. The second kappa shape index (κ2) is 6.12. The second-order valence-corrected chi connectivity index (χ2v) is 7.68. The van der Waals surface area contributed by atoms with Crippen molar-refractivity contribution in [3.05, 3.63) is 27.7 Å². The van der Waals surface area contributed by atoms with E-state index in [1.165, 1.54) is 12.8 Å². The van der Waals surface area contributed by atoms with Crippen LogP contribution in [0.25, 0.3) is 0 Å². The van der Waals surface area contributed by atoms with Crippen LogP contribution in [0.3, 0.4) is 0 Å². The van der Waals surface area contributed by atoms with Gasteiger partial charge in [0, 0.05) is 6.54 Å². The zero-order valence-electron chi connectivity index (χ0n) is 11.4. The van der Waals surface area contributed by atoms with Gasteiger partial charge in [-0.25, -0.2) is 13.6 Å². The van der Waals surface area contributed by atoms with Gasteiger partial charge in [-0.05, 0) is 36.8 Å². The van der Waals surface area contributed by atoms with Gasteiger partial charge in [0.1, 0.15) is 0 Å². The smallest absolute Gasteiger partial charge is 0.252 e. The van der Waals surface area contributed by atoms with Crippen molar-refractivity contribution in [1.82, 2.24) is 5.32 Å². The van der Waals surface area contributed by atoms with Gasteiger partial charge in [0.25, 0.3) is 5.91 Å². The topological polar surface area (TPSA) is 89.3 Å². The summed E-state index contributed by atoms with van der Waals surface area (Å²) in [5, 5.41) is 7.79. The lowest BCUT2D eigenvalue weighted by atomic mass is 10.1. The van der Waals surface area contributed by atoms with Crippen LogP contribution < -0.4 is 10.5 Å². The Morgan fingerprint density at radius 1 is 1.43 bits per heavy atom. The van der Waals surface area contributed by atoms with E-state index in [1.54, 1.807) is 0 Å². The van der Waals surface area contributed by atoms with Crippen LogP contribution in [0.5, 0.6) is 0 Å². The minimum absolute atomic E-state index is 0.0104. The van der Waals surface area contributed by atoms with Crippen molar-refractivity contribution in [2.24, 2.45) is 17.0 Å². The van der Waals surface area contributed by atoms with Gasteiger partial charge in [-0.2, -0.15) is 0 Å². The number of nitrogens with one attached hydrogen (secondary N) is 1. The Hall–Kier alpha value is -0.820. The van der Waals surface area contributed by atoms with Crippen molar-refractivity contribution >= 4 is 39.1 Å². The molecule has 0 bridgehead atoms. The molecule has 5 nitrogen and oxygen atoms in total. The van der Waals surface area contributed by atoms with Crippen LogP contribution in [-0.4, -0.2) is 20.9 Å². The van der Waals surface area contributed by atoms with E-state index < -0.39 is 15.9 Å². The molecule has 2 rings (SSSR count). The Balaban J connectivity index is 2.21. The summed E-state index contributed by atoms with van der Waals surface area (Å²) < 4.78 is 22.8. The van der Waals surface area contributed by atoms with Gasteiger partial charge >= 0.3 is 0 Å². The first-order valence-corrected chi connectivity index (χ1v) is 8.80. The summed E-state index contributed by atoms with van der Waals surface area (Å²) in [6.45, 7) is 2.57. The highest BCUT2D eigenvalue weighted by Gasteiger charge is 2.28. The Morgan fingerprint density at radius 3 is 2.57 bits per heavy atom. The number of halogens is 2. The first-order chi connectivity index (χ1) is 9.70. The first kappa shape index (κ1) is 16.5. The van der Waals surface area contributed by atoms with Gasteiger partial charge < -0.3 is 5.32 Å². The highest BCUT2D eigenvalue weighted by Crippen LogP contribution is 2.36. The van der Waals surface area contributed by atoms with Gasteiger partial charge in [0.15, 0.2) is 0 Å². The maximum Gasteiger partial charge on any atom is 0.252 e. The fourth-order valence-corrected chi connectivity index (χ4v) is 3.12. The molecule has 1 atom stereocenters. The number of sulfonamides is 1. The lowest BCUT2D eigenvalue weighted by molar-refractivity contribution is 0.0946. The number of hydrogen-bond donors (Lipinski definition) is 2. The minimum Gasteiger partial charge on any atom is -0.352 e. The van der Waals surface area contributed by atoms with Crippen LogP contribution in [0, 0.1) is 11.8 Å². The molecule has 0 radical (unpaired) electrons. The van der Waals surface area contributed by atoms with E-state index in [9.17, 15) is 13.2 Å². The molecule has 3 N–H and O–H groups in total. The highest BCUT2D eigenvalue weighted by atomic mass is 35.5. The molecular weight excluding hydrogens is 335 g/mol. The van der Waals surface area contributed by atoms with Crippen molar-refractivity contribution in [1.29, 1.82) is 0 Å². The van der Waals surface area contributed by atoms with Crippen molar-refractivity contribution in [2.75, 3.05) is 6.54 Å². The molecule has 8 heteroatoms. The van der Waals surface area contributed by atoms with Crippen molar-refractivity contribution in [2.45, 2.75) is 24.7 Å². The lowest BCUT2D eigenvalue weighted by Gasteiger charge is -2.13. The standard InChI is InChI=1S/C13H16Cl2N2O3S/c1-7(8-2-3-8)6-17-13(18)10-4-9(21(16,19)20)5-11(14)12(10)15/h4-5,7-8H,2-3,6H2,1H3,(H,17,18)(H2,16,19,20). The number of carbonyl (C=O) groups is 1. The monoisotopic (exact) mass is 350 g/mol. The van der Waals surface area contributed by atoms with E-state index in [2.05, 4.69) is 12.2 Å². The Labute approximate surface area is 133 Å². The van der Waals surface area contributed by atoms with E-state index >= 15 is 0 Å². The third-order valence-electron chi connectivity index (χ3n) is 3.59. The lowest BCUT2D eigenvalue weighted by Crippen LogP contribution is -2.29. The quantitative estimate of drug-likeness (QED) is 0.854. The third-order valence-corrected chi connectivity index (χ3v) is 5.28. The SMILES string of the molecule is CC(CNC(=O)c1cc(S(N)(=O)=O)cc(Cl)c1Cl)C1CC1. The molecule has 0 spiro atoms. The Kier molecular flexibility index (Phi) is 4.82. The molecule has 1 aliphatic carbocycles. The number of benzene rings is 1. The maximum atomic E-state index is 12.2. The van der Waals surface area contributed by atoms with Gasteiger partial charge in [-0.1, -0.05) is 30.1 Å². The largest absolute Gasteiger partial charge is 0.352 e. The Bertz CT molecular complexity index is 672. The fraction of sp³-hybridized carbons (Fsp3) is 0.462. The van der Waals surface area contributed by atoms with Gasteiger partial charge in [0.05, 0.1) is 20.5 Å². The number of nitrogens with two attached hydrogens (primary N) is 1. The van der Waals surface area contributed by atoms with Gasteiger partial charge in [-0.3, -0.25) is 4.79 Å². The van der Waals surface area contributed by atoms with E-state index in [1.807, 2.05) is 0 Å². The summed E-state index contributed by atoms with van der Waals surface area (Å²) in [6.07, 6.45) is 2.37. The predicted molar refractivity (Wildman–Crippen MR) is 82.1 cm³/mol. The average Bonchev–Trinajstić information content (AvgIpc) is 3.21. The molecule has 1 aromatic rings. The third kappa shape index (κ3) is 4.10. The van der Waals surface area contributed by atoms with Crippen LogP contribution in [0.4, 0.5) is 0 Å². The zero-order valence-corrected chi connectivity index (χ0v) is 13.7. The first-order valence-electron chi connectivity index (χ1n) is 6.50. The van der Waals surface area contributed by atoms with Gasteiger partial charge in [0.2, 0.25) is 10.0 Å². The number of carbonyl (C=O) groups excluding carboxylic acids is 1. The zero-order chi connectivity index (χ0) is 15.8. The van der Waals surface area contributed by atoms with E-state index in [0.717, 1.165) is 12.1 Å². The van der Waals surface area contributed by atoms with Crippen LogP contribution in [-0.2, 0) is 10.0 Å². The van der Waals surface area contributed by atoms with Crippen molar-refractivity contribution in [3.63, 3.8) is 0 Å². The summed E-state index contributed by atoms with van der Waals surface area (Å²) in [6, 6.07) is 2.27.